The van der Waals surface area contributed by atoms with Gasteiger partial charge in [-0.05, 0) is 16.5 Å². The zero-order chi connectivity index (χ0) is 20.0. The van der Waals surface area contributed by atoms with Crippen LogP contribution in [0, 0.1) is 11.5 Å². The normalized spacial score (nSPS) is 13.6. The SMILES string of the molecule is CC1(C)[C-]=CC=C1.[Cl][Zr+2][Cl].c1ccc2cn(-c3cc4ccccc4[cH-]3)cc2c1. The van der Waals surface area contributed by atoms with Crippen LogP contribution in [-0.4, -0.2) is 4.57 Å². The molecule has 0 bridgehead atoms. The van der Waals surface area contributed by atoms with Gasteiger partial charge in [-0.2, -0.15) is 6.08 Å². The van der Waals surface area contributed by atoms with Crippen LogP contribution < -0.4 is 0 Å². The van der Waals surface area contributed by atoms with Crippen molar-refractivity contribution >= 4 is 38.6 Å². The second kappa shape index (κ2) is 9.83. The Labute approximate surface area is 185 Å². The van der Waals surface area contributed by atoms with Gasteiger partial charge in [0.15, 0.2) is 0 Å². The summed E-state index contributed by atoms with van der Waals surface area (Å²) in [4.78, 5) is 0. The molecule has 1 nitrogen and oxygen atoms in total. The number of benzene rings is 2. The smallest absolute Gasteiger partial charge is 0.0149 e. The van der Waals surface area contributed by atoms with E-state index in [0.29, 0.717) is 0 Å². The first-order valence-electron chi connectivity index (χ1n) is 9.00. The van der Waals surface area contributed by atoms with Crippen molar-refractivity contribution in [3.63, 3.8) is 0 Å². The van der Waals surface area contributed by atoms with Crippen molar-refractivity contribution in [2.24, 2.45) is 5.41 Å². The minimum absolute atomic E-state index is 0.208. The molecule has 1 aliphatic rings. The van der Waals surface area contributed by atoms with E-state index in [2.05, 4.69) is 104 Å². The molecule has 0 unspecified atom stereocenters. The van der Waals surface area contributed by atoms with E-state index in [1.165, 1.54) is 27.2 Å². The standard InChI is InChI=1S/C17H12N.C7H9.2ClH.Zr/c1-2-6-14-10-17(9-13(14)5-1)18-11-15-7-3-4-8-16(15)12-18;1-7(2)5-3-4-6-7;;;/h1-12H;3-5H,1-2H3;2*1H;/q2*-1;;;+4/p-2. The molecule has 0 fully saturated rings. The van der Waals surface area contributed by atoms with Crippen molar-refractivity contribution in [2.45, 2.75) is 13.8 Å². The van der Waals surface area contributed by atoms with Crippen molar-refractivity contribution in [3.8, 4) is 5.69 Å². The van der Waals surface area contributed by atoms with Gasteiger partial charge in [-0.1, -0.05) is 49.6 Å². The van der Waals surface area contributed by atoms with Crippen molar-refractivity contribution in [1.29, 1.82) is 0 Å². The molecule has 0 radical (unpaired) electrons. The van der Waals surface area contributed by atoms with E-state index in [1.54, 1.807) is 0 Å². The zero-order valence-electron chi connectivity index (χ0n) is 15.9. The van der Waals surface area contributed by atoms with Crippen LogP contribution in [0.1, 0.15) is 13.8 Å². The van der Waals surface area contributed by atoms with E-state index < -0.39 is 20.8 Å². The predicted molar refractivity (Wildman–Crippen MR) is 119 cm³/mol. The molecule has 28 heavy (non-hydrogen) atoms. The van der Waals surface area contributed by atoms with Gasteiger partial charge in [-0.25, -0.2) is 12.2 Å². The summed E-state index contributed by atoms with van der Waals surface area (Å²) in [6.45, 7) is 4.26. The van der Waals surface area contributed by atoms with Crippen LogP contribution in [0.4, 0.5) is 0 Å². The molecule has 0 saturated heterocycles. The molecule has 1 aromatic heterocycles. The number of halogens is 2. The average molecular weight is 486 g/mol. The molecule has 5 rings (SSSR count). The molecule has 4 heteroatoms. The van der Waals surface area contributed by atoms with Crippen LogP contribution in [0.5, 0.6) is 0 Å². The van der Waals surface area contributed by atoms with Crippen LogP contribution in [0.2, 0.25) is 0 Å². The van der Waals surface area contributed by atoms with Crippen LogP contribution in [-0.2, 0) is 20.8 Å². The summed E-state index contributed by atoms with van der Waals surface area (Å²) < 4.78 is 2.20. The van der Waals surface area contributed by atoms with Crippen molar-refractivity contribution in [2.75, 3.05) is 0 Å². The molecule has 0 saturated carbocycles. The molecule has 3 aromatic carbocycles. The quantitative estimate of drug-likeness (QED) is 0.242. The van der Waals surface area contributed by atoms with Gasteiger partial charge in [0.05, 0.1) is 0 Å². The first-order valence-corrected chi connectivity index (χ1v) is 15.3. The van der Waals surface area contributed by atoms with Gasteiger partial charge < -0.3 is 4.57 Å². The van der Waals surface area contributed by atoms with E-state index in [-0.39, 0.29) is 5.41 Å². The van der Waals surface area contributed by atoms with Gasteiger partial charge in [-0.15, -0.1) is 41.1 Å². The zero-order valence-corrected chi connectivity index (χ0v) is 19.8. The number of rotatable bonds is 1. The van der Waals surface area contributed by atoms with E-state index >= 15 is 0 Å². The molecule has 0 spiro atoms. The summed E-state index contributed by atoms with van der Waals surface area (Å²) in [6.07, 6.45) is 13.6. The number of hydrogen-bond acceptors (Lipinski definition) is 0. The maximum atomic E-state index is 4.93. The topological polar surface area (TPSA) is 4.93 Å². The fraction of sp³-hybridized carbons (Fsp3) is 0.125. The molecule has 4 aromatic rings. The van der Waals surface area contributed by atoms with E-state index in [1.807, 2.05) is 12.2 Å². The Bertz CT molecular complexity index is 950. The third-order valence-corrected chi connectivity index (χ3v) is 4.52. The summed E-state index contributed by atoms with van der Waals surface area (Å²) >= 11 is -0.826. The minimum Gasteiger partial charge on any atom is -0.341 e. The van der Waals surface area contributed by atoms with E-state index in [9.17, 15) is 0 Å². The second-order valence-corrected chi connectivity index (χ2v) is 10.8. The number of nitrogens with zero attached hydrogens (tertiary/aromatic N) is 1. The van der Waals surface area contributed by atoms with Crippen LogP contribution in [0.25, 0.3) is 27.2 Å². The van der Waals surface area contributed by atoms with Crippen molar-refractivity contribution < 1.29 is 20.8 Å². The Kier molecular flexibility index (Phi) is 7.46. The maximum absolute atomic E-state index is 4.93. The molecule has 0 amide bonds. The van der Waals surface area contributed by atoms with Gasteiger partial charge in [0.2, 0.25) is 0 Å². The number of fused-ring (bicyclic) bond motifs is 2. The molecular weight excluding hydrogens is 464 g/mol. The molecule has 0 atom stereocenters. The fourth-order valence-electron chi connectivity index (χ4n) is 3.11. The maximum Gasteiger partial charge on any atom is 0.0149 e. The second-order valence-electron chi connectivity index (χ2n) is 7.10. The monoisotopic (exact) mass is 483 g/mol. The number of aromatic nitrogens is 1. The molecule has 1 aliphatic carbocycles. The van der Waals surface area contributed by atoms with E-state index in [0.717, 1.165) is 0 Å². The first-order chi connectivity index (χ1) is 13.5. The van der Waals surface area contributed by atoms with Crippen molar-refractivity contribution in [3.05, 3.63) is 97.4 Å². The van der Waals surface area contributed by atoms with Gasteiger partial charge in [0.1, 0.15) is 0 Å². The molecule has 140 valence electrons. The molecule has 0 aliphatic heterocycles. The van der Waals surface area contributed by atoms with Crippen molar-refractivity contribution in [1.82, 2.24) is 4.57 Å². The molecule has 0 N–H and O–H groups in total. The van der Waals surface area contributed by atoms with Gasteiger partial charge in [-0.3, -0.25) is 6.08 Å². The third-order valence-electron chi connectivity index (χ3n) is 4.52. The first kappa shape index (κ1) is 21.2. The van der Waals surface area contributed by atoms with Crippen LogP contribution >= 0.6 is 17.0 Å². The van der Waals surface area contributed by atoms with E-state index in [4.69, 9.17) is 17.0 Å². The Morgan fingerprint density at radius 3 is 1.96 bits per heavy atom. The molecular formula is C24H21Cl2NZr. The predicted octanol–water partition coefficient (Wildman–Crippen LogP) is 7.82. The average Bonchev–Trinajstić information content (AvgIpc) is 3.39. The molecule has 1 heterocycles. The Morgan fingerprint density at radius 2 is 1.50 bits per heavy atom. The van der Waals surface area contributed by atoms with Gasteiger partial charge >= 0.3 is 37.9 Å². The summed E-state index contributed by atoms with van der Waals surface area (Å²) in [7, 11) is 9.87. The Morgan fingerprint density at radius 1 is 0.929 bits per heavy atom. The largest absolute Gasteiger partial charge is 0.341 e. The Balaban J connectivity index is 0.000000188. The van der Waals surface area contributed by atoms with Crippen LogP contribution in [0.15, 0.2) is 91.3 Å². The minimum atomic E-state index is -0.826. The summed E-state index contributed by atoms with van der Waals surface area (Å²) in [6, 6.07) is 21.4. The summed E-state index contributed by atoms with van der Waals surface area (Å²) in [5, 5.41) is 5.15. The Hall–Kier alpha value is -1.47. The number of hydrogen-bond donors (Lipinski definition) is 0. The summed E-state index contributed by atoms with van der Waals surface area (Å²) in [5.74, 6) is 0. The summed E-state index contributed by atoms with van der Waals surface area (Å²) in [5.41, 5.74) is 1.44. The fourth-order valence-corrected chi connectivity index (χ4v) is 3.11. The van der Waals surface area contributed by atoms with Gasteiger partial charge in [0.25, 0.3) is 0 Å². The van der Waals surface area contributed by atoms with Gasteiger partial charge in [0, 0.05) is 12.4 Å². The third kappa shape index (κ3) is 5.54. The number of allylic oxidation sites excluding steroid dienone is 4. The van der Waals surface area contributed by atoms with Crippen LogP contribution in [0.3, 0.4) is 0 Å².